The van der Waals surface area contributed by atoms with E-state index in [1.54, 1.807) is 36.5 Å². The summed E-state index contributed by atoms with van der Waals surface area (Å²) in [5, 5.41) is 13.6. The van der Waals surface area contributed by atoms with Crippen LogP contribution in [0.5, 0.6) is 11.5 Å². The van der Waals surface area contributed by atoms with Crippen molar-refractivity contribution in [2.24, 2.45) is 0 Å². The summed E-state index contributed by atoms with van der Waals surface area (Å²) in [5.74, 6) is 0.932. The van der Waals surface area contributed by atoms with Gasteiger partial charge in [-0.3, -0.25) is 9.78 Å². The molecule has 2 N–H and O–H groups in total. The second kappa shape index (κ2) is 9.63. The van der Waals surface area contributed by atoms with Crippen molar-refractivity contribution in [1.82, 2.24) is 9.97 Å². The van der Waals surface area contributed by atoms with Gasteiger partial charge in [-0.05, 0) is 49.4 Å². The number of fused-ring (bicyclic) bond motifs is 1. The van der Waals surface area contributed by atoms with Gasteiger partial charge >= 0.3 is 0 Å². The van der Waals surface area contributed by atoms with Crippen LogP contribution in [0.2, 0.25) is 5.02 Å². The van der Waals surface area contributed by atoms with Crippen molar-refractivity contribution in [3.05, 3.63) is 93.0 Å². The highest BCUT2D eigenvalue weighted by Gasteiger charge is 2.15. The number of aromatic amines is 1. The first-order valence-electron chi connectivity index (χ1n) is 10.2. The molecule has 1 unspecified atom stereocenters. The number of methoxy groups -OCH3 is 1. The van der Waals surface area contributed by atoms with E-state index in [0.717, 1.165) is 16.8 Å². The first kappa shape index (κ1) is 22.2. The third-order valence-electron chi connectivity index (χ3n) is 5.22. The number of nitrogens with one attached hydrogen (secondary N) is 2. The fourth-order valence-electron chi connectivity index (χ4n) is 3.51. The molecule has 166 valence electrons. The average Bonchev–Trinajstić information content (AvgIpc) is 2.84. The number of hydrogen-bond acceptors (Lipinski definition) is 6. The maximum atomic E-state index is 12.9. The number of aromatic nitrogens is 2. The zero-order valence-electron chi connectivity index (χ0n) is 18.1. The maximum absolute atomic E-state index is 12.9. The topological polar surface area (TPSA) is 100 Å². The lowest BCUT2D eigenvalue weighted by molar-refractivity contribution is 0.302. The van der Waals surface area contributed by atoms with Crippen molar-refractivity contribution < 1.29 is 9.47 Å². The van der Waals surface area contributed by atoms with Gasteiger partial charge in [-0.2, -0.15) is 5.26 Å². The van der Waals surface area contributed by atoms with E-state index in [-0.39, 0.29) is 18.2 Å². The highest BCUT2D eigenvalue weighted by molar-refractivity contribution is 6.36. The Balaban J connectivity index is 1.58. The van der Waals surface area contributed by atoms with Crippen molar-refractivity contribution >= 4 is 28.2 Å². The van der Waals surface area contributed by atoms with Gasteiger partial charge in [-0.25, -0.2) is 0 Å². The second-order valence-electron chi connectivity index (χ2n) is 7.40. The Morgan fingerprint density at radius 2 is 2.03 bits per heavy atom. The van der Waals surface area contributed by atoms with E-state index in [4.69, 9.17) is 26.3 Å². The van der Waals surface area contributed by atoms with E-state index in [1.165, 1.54) is 7.11 Å². The van der Waals surface area contributed by atoms with E-state index < -0.39 is 0 Å². The quantitative estimate of drug-likeness (QED) is 0.392. The molecule has 0 aliphatic rings. The van der Waals surface area contributed by atoms with Gasteiger partial charge in [0.05, 0.1) is 29.9 Å². The molecule has 7 nitrogen and oxygen atoms in total. The Hall–Kier alpha value is -4.02. The Morgan fingerprint density at radius 3 is 2.76 bits per heavy atom. The zero-order valence-corrected chi connectivity index (χ0v) is 18.8. The van der Waals surface area contributed by atoms with Gasteiger partial charge in [-0.1, -0.05) is 17.7 Å². The number of halogens is 1. The number of ether oxygens (including phenoxy) is 2. The zero-order chi connectivity index (χ0) is 23.4. The minimum atomic E-state index is -0.311. The normalized spacial score (nSPS) is 11.6. The van der Waals surface area contributed by atoms with Crippen molar-refractivity contribution in [1.29, 1.82) is 5.26 Å². The van der Waals surface area contributed by atoms with Crippen LogP contribution in [0.1, 0.15) is 29.8 Å². The van der Waals surface area contributed by atoms with Gasteiger partial charge in [0.1, 0.15) is 29.2 Å². The maximum Gasteiger partial charge on any atom is 0.253 e. The molecule has 0 radical (unpaired) electrons. The molecule has 1 atom stereocenters. The van der Waals surface area contributed by atoms with Crippen LogP contribution in [0, 0.1) is 11.3 Å². The number of rotatable bonds is 7. The molecule has 0 bridgehead atoms. The molecule has 0 saturated heterocycles. The Bertz CT molecular complexity index is 1400. The Morgan fingerprint density at radius 1 is 1.18 bits per heavy atom. The number of benzene rings is 2. The van der Waals surface area contributed by atoms with Crippen LogP contribution in [-0.4, -0.2) is 17.1 Å². The number of H-pyrrole nitrogens is 1. The summed E-state index contributed by atoms with van der Waals surface area (Å²) in [5.41, 5.74) is 2.74. The molecule has 0 spiro atoms. The molecule has 4 aromatic rings. The van der Waals surface area contributed by atoms with Gasteiger partial charge in [0, 0.05) is 28.9 Å². The Labute approximate surface area is 195 Å². The summed E-state index contributed by atoms with van der Waals surface area (Å²) in [6.45, 7) is 2.15. The first-order valence-corrected chi connectivity index (χ1v) is 10.6. The largest absolute Gasteiger partial charge is 0.495 e. The van der Waals surface area contributed by atoms with Gasteiger partial charge in [0.25, 0.3) is 5.56 Å². The molecule has 0 aliphatic carbocycles. The molecule has 0 saturated carbocycles. The monoisotopic (exact) mass is 460 g/mol. The van der Waals surface area contributed by atoms with Crippen LogP contribution >= 0.6 is 11.6 Å². The lowest BCUT2D eigenvalue weighted by Crippen LogP contribution is -2.19. The second-order valence-corrected chi connectivity index (χ2v) is 7.78. The van der Waals surface area contributed by atoms with Crippen LogP contribution in [0.3, 0.4) is 0 Å². The minimum Gasteiger partial charge on any atom is -0.495 e. The molecule has 33 heavy (non-hydrogen) atoms. The standard InChI is InChI=1S/C25H21ClN4O3/c1-15(29-18-8-6-17(13-27)22(12-18)32-2)20-11-16-7-9-21(23(26)24(16)30-25(20)31)33-14-19-5-3-4-10-28-19/h3-12,15,29H,14H2,1-2H3,(H,30,31). The predicted molar refractivity (Wildman–Crippen MR) is 128 cm³/mol. The van der Waals surface area contributed by atoms with Crippen molar-refractivity contribution in [2.45, 2.75) is 19.6 Å². The molecule has 0 fully saturated rings. The van der Waals surface area contributed by atoms with Crippen LogP contribution in [0.25, 0.3) is 10.9 Å². The molecule has 0 aliphatic heterocycles. The van der Waals surface area contributed by atoms with Crippen molar-refractivity contribution in [2.75, 3.05) is 12.4 Å². The SMILES string of the molecule is COc1cc(NC(C)c2cc3ccc(OCc4ccccn4)c(Cl)c3[nH]c2=O)ccc1C#N. The summed E-state index contributed by atoms with van der Waals surface area (Å²) in [4.78, 5) is 20.0. The van der Waals surface area contributed by atoms with Gasteiger partial charge < -0.3 is 19.8 Å². The molecular weight excluding hydrogens is 440 g/mol. The fraction of sp³-hybridized carbons (Fsp3) is 0.160. The van der Waals surface area contributed by atoms with Gasteiger partial charge in [0.2, 0.25) is 0 Å². The molecular formula is C25H21ClN4O3. The van der Waals surface area contributed by atoms with Gasteiger partial charge in [0.15, 0.2) is 0 Å². The smallest absolute Gasteiger partial charge is 0.253 e. The molecule has 2 aromatic heterocycles. The third kappa shape index (κ3) is 4.76. The van der Waals surface area contributed by atoms with E-state index >= 15 is 0 Å². The highest BCUT2D eigenvalue weighted by Crippen LogP contribution is 2.33. The summed E-state index contributed by atoms with van der Waals surface area (Å²) >= 11 is 6.53. The molecule has 2 heterocycles. The van der Waals surface area contributed by atoms with Crippen molar-refractivity contribution in [3.8, 4) is 17.6 Å². The lowest BCUT2D eigenvalue weighted by Gasteiger charge is -2.17. The fourth-order valence-corrected chi connectivity index (χ4v) is 3.78. The van der Waals surface area contributed by atoms with E-state index in [0.29, 0.717) is 33.2 Å². The number of nitrogens with zero attached hydrogens (tertiary/aromatic N) is 2. The number of hydrogen-bond donors (Lipinski definition) is 2. The van der Waals surface area contributed by atoms with Crippen LogP contribution in [0.4, 0.5) is 5.69 Å². The predicted octanol–water partition coefficient (Wildman–Crippen LogP) is 5.21. The summed E-state index contributed by atoms with van der Waals surface area (Å²) < 4.78 is 11.1. The Kier molecular flexibility index (Phi) is 6.48. The van der Waals surface area contributed by atoms with E-state index in [9.17, 15) is 4.79 Å². The first-order chi connectivity index (χ1) is 16.0. The van der Waals surface area contributed by atoms with Gasteiger partial charge in [-0.15, -0.1) is 0 Å². The minimum absolute atomic E-state index is 0.258. The lowest BCUT2D eigenvalue weighted by atomic mass is 10.1. The molecule has 0 amide bonds. The highest BCUT2D eigenvalue weighted by atomic mass is 35.5. The van der Waals surface area contributed by atoms with Crippen molar-refractivity contribution in [3.63, 3.8) is 0 Å². The van der Waals surface area contributed by atoms with Crippen LogP contribution in [0.15, 0.2) is 65.6 Å². The average molecular weight is 461 g/mol. The molecule has 4 rings (SSSR count). The molecule has 8 heteroatoms. The van der Waals surface area contributed by atoms with E-state index in [1.807, 2.05) is 31.2 Å². The third-order valence-corrected chi connectivity index (χ3v) is 5.60. The number of pyridine rings is 2. The summed E-state index contributed by atoms with van der Waals surface area (Å²) in [6.07, 6.45) is 1.70. The molecule has 2 aromatic carbocycles. The summed E-state index contributed by atoms with van der Waals surface area (Å²) in [7, 11) is 1.51. The number of nitriles is 1. The summed E-state index contributed by atoms with van der Waals surface area (Å²) in [6, 6.07) is 18.0. The van der Waals surface area contributed by atoms with Crippen LogP contribution in [-0.2, 0) is 6.61 Å². The van der Waals surface area contributed by atoms with Crippen LogP contribution < -0.4 is 20.3 Å². The van der Waals surface area contributed by atoms with E-state index in [2.05, 4.69) is 21.4 Å². The number of anilines is 1.